The molecule has 0 aromatic heterocycles. The lowest BCUT2D eigenvalue weighted by Gasteiger charge is -2.07. The van der Waals surface area contributed by atoms with Crippen molar-refractivity contribution in [3.8, 4) is 0 Å². The van der Waals surface area contributed by atoms with E-state index in [2.05, 4.69) is 17.4 Å². The van der Waals surface area contributed by atoms with Crippen LogP contribution in [0.15, 0.2) is 34.3 Å². The minimum Gasteiger partial charge on any atom is -0.409 e. The van der Waals surface area contributed by atoms with Gasteiger partial charge in [-0.15, -0.1) is 0 Å². The fourth-order valence-electron chi connectivity index (χ4n) is 2.34. The lowest BCUT2D eigenvalue weighted by molar-refractivity contribution is 0.318. The van der Waals surface area contributed by atoms with Crippen LogP contribution in [0.1, 0.15) is 25.3 Å². The largest absolute Gasteiger partial charge is 0.409 e. The first-order valence-corrected chi connectivity index (χ1v) is 8.67. The summed E-state index contributed by atoms with van der Waals surface area (Å²) in [5, 5.41) is 14.7. The Kier molecular flexibility index (Phi) is 4.84. The van der Waals surface area contributed by atoms with Gasteiger partial charge in [0.15, 0.2) is 15.7 Å². The number of sulfone groups is 1. The molecule has 21 heavy (non-hydrogen) atoms. The second-order valence-corrected chi connectivity index (χ2v) is 7.40. The number of nitrogens with two attached hydrogens (primary N) is 1. The van der Waals surface area contributed by atoms with Crippen LogP contribution < -0.4 is 11.1 Å². The molecule has 0 radical (unpaired) electrons. The van der Waals surface area contributed by atoms with Crippen LogP contribution in [0.2, 0.25) is 0 Å². The van der Waals surface area contributed by atoms with Crippen molar-refractivity contribution in [1.82, 2.24) is 5.32 Å². The molecule has 0 aliphatic heterocycles. The molecule has 0 bridgehead atoms. The van der Waals surface area contributed by atoms with Crippen LogP contribution in [-0.2, 0) is 9.84 Å². The van der Waals surface area contributed by atoms with Gasteiger partial charge in [0.25, 0.3) is 0 Å². The summed E-state index contributed by atoms with van der Waals surface area (Å²) >= 11 is 0. The van der Waals surface area contributed by atoms with Crippen molar-refractivity contribution < 1.29 is 13.6 Å². The first-order valence-electron chi connectivity index (χ1n) is 7.02. The van der Waals surface area contributed by atoms with Crippen molar-refractivity contribution in [3.05, 3.63) is 29.8 Å². The molecule has 2 rings (SSSR count). The van der Waals surface area contributed by atoms with Gasteiger partial charge in [-0.2, -0.15) is 0 Å². The fourth-order valence-corrected chi connectivity index (χ4v) is 3.51. The van der Waals surface area contributed by atoms with Crippen molar-refractivity contribution in [2.24, 2.45) is 16.8 Å². The molecule has 4 N–H and O–H groups in total. The number of oxime groups is 1. The molecule has 1 aliphatic carbocycles. The van der Waals surface area contributed by atoms with Crippen molar-refractivity contribution in [2.75, 3.05) is 12.3 Å². The van der Waals surface area contributed by atoms with Gasteiger partial charge in [-0.25, -0.2) is 8.42 Å². The summed E-state index contributed by atoms with van der Waals surface area (Å²) in [5.41, 5.74) is 5.93. The second kappa shape index (κ2) is 6.44. The molecule has 2 atom stereocenters. The summed E-state index contributed by atoms with van der Waals surface area (Å²) in [6.07, 6.45) is 2.28. The summed E-state index contributed by atoms with van der Waals surface area (Å²) in [6.45, 7) is 2.61. The summed E-state index contributed by atoms with van der Waals surface area (Å²) < 4.78 is 24.4. The maximum absolute atomic E-state index is 12.2. The third-order valence-electron chi connectivity index (χ3n) is 3.84. The zero-order valence-corrected chi connectivity index (χ0v) is 12.8. The number of rotatable bonds is 7. The Balaban J connectivity index is 1.93. The maximum atomic E-state index is 12.2. The maximum Gasteiger partial charge on any atom is 0.179 e. The van der Waals surface area contributed by atoms with Crippen molar-refractivity contribution in [3.63, 3.8) is 0 Å². The van der Waals surface area contributed by atoms with E-state index >= 15 is 0 Å². The third-order valence-corrected chi connectivity index (χ3v) is 5.57. The van der Waals surface area contributed by atoms with Gasteiger partial charge in [-0.05, 0) is 36.6 Å². The number of nitrogens with zero attached hydrogens (tertiary/aromatic N) is 1. The third kappa shape index (κ3) is 3.95. The number of benzene rings is 1. The summed E-state index contributed by atoms with van der Waals surface area (Å²) in [5.74, 6) is 0.732. The standard InChI is InChI=1S/C14H21N3O3S/c1-2-10-9-13(10)16-7-8-21(19,20)12-5-3-11(4-6-12)14(15)17-18/h3-6,10,13,16,18H,2,7-9H2,1H3,(H2,15,17). The van der Waals surface area contributed by atoms with E-state index in [1.165, 1.54) is 24.3 Å². The van der Waals surface area contributed by atoms with Crippen LogP contribution in [0, 0.1) is 5.92 Å². The van der Waals surface area contributed by atoms with E-state index in [0.29, 0.717) is 24.1 Å². The zero-order valence-electron chi connectivity index (χ0n) is 12.0. The first kappa shape index (κ1) is 15.8. The minimum atomic E-state index is -3.31. The average molecular weight is 311 g/mol. The van der Waals surface area contributed by atoms with Crippen molar-refractivity contribution in [1.29, 1.82) is 0 Å². The van der Waals surface area contributed by atoms with Crippen LogP contribution in [0.3, 0.4) is 0 Å². The van der Waals surface area contributed by atoms with E-state index in [4.69, 9.17) is 10.9 Å². The lowest BCUT2D eigenvalue weighted by atomic mass is 10.2. The summed E-state index contributed by atoms with van der Waals surface area (Å²) in [6, 6.07) is 6.50. The highest BCUT2D eigenvalue weighted by atomic mass is 32.2. The first-order chi connectivity index (χ1) is 9.97. The fraction of sp³-hybridized carbons (Fsp3) is 0.500. The van der Waals surface area contributed by atoms with Gasteiger partial charge >= 0.3 is 0 Å². The Bertz CT molecular complexity index is 611. The van der Waals surface area contributed by atoms with Gasteiger partial charge in [0, 0.05) is 18.2 Å². The molecule has 1 aromatic carbocycles. The van der Waals surface area contributed by atoms with Crippen LogP contribution in [0.5, 0.6) is 0 Å². The SMILES string of the molecule is CCC1CC1NCCS(=O)(=O)c1ccc(/C(N)=N/O)cc1. The Labute approximate surface area is 125 Å². The molecule has 1 saturated carbocycles. The van der Waals surface area contributed by atoms with Crippen molar-refractivity contribution >= 4 is 15.7 Å². The molecule has 116 valence electrons. The normalized spacial score (nSPS) is 22.2. The van der Waals surface area contributed by atoms with Crippen LogP contribution in [0.25, 0.3) is 0 Å². The molecule has 0 amide bonds. The summed E-state index contributed by atoms with van der Waals surface area (Å²) in [4.78, 5) is 0.252. The topological polar surface area (TPSA) is 105 Å². The monoisotopic (exact) mass is 311 g/mol. The molecule has 1 aromatic rings. The molecule has 0 heterocycles. The molecule has 1 fully saturated rings. The number of hydrogen-bond acceptors (Lipinski definition) is 5. The molecular formula is C14H21N3O3S. The highest BCUT2D eigenvalue weighted by molar-refractivity contribution is 7.91. The van der Waals surface area contributed by atoms with E-state index in [1.54, 1.807) is 0 Å². The minimum absolute atomic E-state index is 0.0417. The van der Waals surface area contributed by atoms with Crippen LogP contribution in [0.4, 0.5) is 0 Å². The van der Waals surface area contributed by atoms with E-state index in [9.17, 15) is 8.42 Å². The zero-order chi connectivity index (χ0) is 15.5. The predicted octanol–water partition coefficient (Wildman–Crippen LogP) is 0.943. The molecule has 1 aliphatic rings. The van der Waals surface area contributed by atoms with E-state index in [-0.39, 0.29) is 16.5 Å². The molecule has 7 heteroatoms. The van der Waals surface area contributed by atoms with Gasteiger partial charge in [0.1, 0.15) is 0 Å². The molecule has 0 saturated heterocycles. The molecular weight excluding hydrogens is 290 g/mol. The highest BCUT2D eigenvalue weighted by Crippen LogP contribution is 2.32. The molecule has 2 unspecified atom stereocenters. The van der Waals surface area contributed by atoms with E-state index < -0.39 is 9.84 Å². The number of nitrogens with one attached hydrogen (secondary N) is 1. The van der Waals surface area contributed by atoms with Gasteiger partial charge in [-0.1, -0.05) is 18.5 Å². The number of hydrogen-bond donors (Lipinski definition) is 3. The highest BCUT2D eigenvalue weighted by Gasteiger charge is 2.34. The van der Waals surface area contributed by atoms with Gasteiger partial charge in [0.05, 0.1) is 10.6 Å². The Morgan fingerprint density at radius 3 is 2.62 bits per heavy atom. The number of amidine groups is 1. The Morgan fingerprint density at radius 1 is 1.43 bits per heavy atom. The van der Waals surface area contributed by atoms with Gasteiger partial charge in [0.2, 0.25) is 0 Å². The van der Waals surface area contributed by atoms with Gasteiger partial charge < -0.3 is 16.3 Å². The van der Waals surface area contributed by atoms with Crippen LogP contribution in [-0.4, -0.2) is 37.8 Å². The Hall–Kier alpha value is -1.60. The average Bonchev–Trinajstić information content (AvgIpc) is 3.25. The predicted molar refractivity (Wildman–Crippen MR) is 81.2 cm³/mol. The Morgan fingerprint density at radius 2 is 2.10 bits per heavy atom. The molecule has 6 nitrogen and oxygen atoms in total. The second-order valence-electron chi connectivity index (χ2n) is 5.29. The smallest absolute Gasteiger partial charge is 0.179 e. The van der Waals surface area contributed by atoms with Gasteiger partial charge in [-0.3, -0.25) is 0 Å². The quantitative estimate of drug-likeness (QED) is 0.301. The molecule has 0 spiro atoms. The van der Waals surface area contributed by atoms with Crippen molar-refractivity contribution in [2.45, 2.75) is 30.7 Å². The summed E-state index contributed by atoms with van der Waals surface area (Å²) in [7, 11) is -3.31. The van der Waals surface area contributed by atoms with Crippen LogP contribution >= 0.6 is 0 Å². The van der Waals surface area contributed by atoms with E-state index in [0.717, 1.165) is 12.8 Å². The lowest BCUT2D eigenvalue weighted by Crippen LogP contribution is -2.26. The van der Waals surface area contributed by atoms with E-state index in [1.807, 2.05) is 0 Å².